The van der Waals surface area contributed by atoms with Gasteiger partial charge in [0.15, 0.2) is 0 Å². The third-order valence-corrected chi connectivity index (χ3v) is 7.40. The summed E-state index contributed by atoms with van der Waals surface area (Å²) in [4.78, 5) is 7.69. The Morgan fingerprint density at radius 1 is 0.968 bits per heavy atom. The van der Waals surface area contributed by atoms with E-state index in [0.717, 1.165) is 22.9 Å². The van der Waals surface area contributed by atoms with Crippen LogP contribution in [0.1, 0.15) is 44.1 Å². The number of aromatic nitrogens is 3. The first-order chi connectivity index (χ1) is 15.3. The Morgan fingerprint density at radius 2 is 1.81 bits per heavy atom. The minimum absolute atomic E-state index is 0.550. The van der Waals surface area contributed by atoms with E-state index >= 15 is 0 Å². The molecule has 0 radical (unpaired) electrons. The van der Waals surface area contributed by atoms with Gasteiger partial charge < -0.3 is 15.0 Å². The molecule has 7 rings (SSSR count). The number of ether oxygens (including phenoxy) is 1. The van der Waals surface area contributed by atoms with Crippen LogP contribution in [0.4, 0.5) is 5.82 Å². The molecular weight excluding hydrogens is 386 g/mol. The van der Waals surface area contributed by atoms with E-state index in [0.29, 0.717) is 30.8 Å². The van der Waals surface area contributed by atoms with Gasteiger partial charge in [-0.05, 0) is 80.0 Å². The summed E-state index contributed by atoms with van der Waals surface area (Å²) in [6, 6.07) is 15.5. The van der Waals surface area contributed by atoms with Gasteiger partial charge in [-0.3, -0.25) is 0 Å². The van der Waals surface area contributed by atoms with Gasteiger partial charge in [0, 0.05) is 42.1 Å². The molecule has 0 spiro atoms. The first kappa shape index (κ1) is 17.8. The van der Waals surface area contributed by atoms with E-state index in [4.69, 9.17) is 9.72 Å². The summed E-state index contributed by atoms with van der Waals surface area (Å²) in [7, 11) is 0. The number of benzene rings is 1. The third-order valence-electron chi connectivity index (χ3n) is 7.40. The lowest BCUT2D eigenvalue weighted by Gasteiger charge is -2.39. The average Bonchev–Trinajstić information content (AvgIpc) is 3.35. The molecule has 158 valence electrons. The number of anilines is 1. The Kier molecular flexibility index (Phi) is 3.91. The molecule has 3 atom stereocenters. The maximum atomic E-state index is 6.18. The fraction of sp³-hybridized carbons (Fsp3) is 0.440. The normalized spacial score (nSPS) is 26.1. The van der Waals surface area contributed by atoms with Crippen LogP contribution in [0.2, 0.25) is 0 Å². The zero-order valence-corrected chi connectivity index (χ0v) is 17.6. The highest BCUT2D eigenvalue weighted by Crippen LogP contribution is 2.42. The number of rotatable bonds is 4. The van der Waals surface area contributed by atoms with Crippen molar-refractivity contribution in [2.24, 2.45) is 0 Å². The Morgan fingerprint density at radius 3 is 2.58 bits per heavy atom. The average molecular weight is 414 g/mol. The summed E-state index contributed by atoms with van der Waals surface area (Å²) in [6.07, 6.45) is 11.5. The van der Waals surface area contributed by atoms with Crippen molar-refractivity contribution in [1.82, 2.24) is 20.1 Å². The molecule has 1 aromatic carbocycles. The molecule has 3 aliphatic heterocycles. The van der Waals surface area contributed by atoms with Crippen LogP contribution in [-0.4, -0.2) is 38.9 Å². The third kappa shape index (κ3) is 3.04. The lowest BCUT2D eigenvalue weighted by molar-refractivity contribution is 0.289. The minimum atomic E-state index is 0.550. The SMILES string of the molecule is c1cnn(-c2ccc3c(c2)COc2nc(N(C4CC4)C4C[C@H]5CC[C@@H](C4)N5)ccc2-3)c1. The van der Waals surface area contributed by atoms with Gasteiger partial charge in [-0.2, -0.15) is 10.1 Å². The summed E-state index contributed by atoms with van der Waals surface area (Å²) in [5.41, 5.74) is 4.55. The molecule has 1 saturated carbocycles. The largest absolute Gasteiger partial charge is 0.472 e. The minimum Gasteiger partial charge on any atom is -0.472 e. The van der Waals surface area contributed by atoms with Crippen LogP contribution in [0, 0.1) is 0 Å². The van der Waals surface area contributed by atoms with Crippen molar-refractivity contribution in [2.75, 3.05) is 4.90 Å². The highest BCUT2D eigenvalue weighted by atomic mass is 16.5. The fourth-order valence-corrected chi connectivity index (χ4v) is 5.84. The smallest absolute Gasteiger partial charge is 0.223 e. The fourth-order valence-electron chi connectivity index (χ4n) is 5.84. The molecule has 3 aromatic rings. The molecule has 5 heterocycles. The van der Waals surface area contributed by atoms with Crippen molar-refractivity contribution in [1.29, 1.82) is 0 Å². The Hall–Kier alpha value is -2.86. The first-order valence-electron chi connectivity index (χ1n) is 11.6. The number of nitrogens with zero attached hydrogens (tertiary/aromatic N) is 4. The Balaban J connectivity index is 1.22. The van der Waals surface area contributed by atoms with E-state index in [2.05, 4.69) is 45.6 Å². The van der Waals surface area contributed by atoms with Gasteiger partial charge >= 0.3 is 0 Å². The van der Waals surface area contributed by atoms with Gasteiger partial charge in [0.2, 0.25) is 5.88 Å². The maximum absolute atomic E-state index is 6.18. The number of fused-ring (bicyclic) bond motifs is 5. The Labute approximate surface area is 182 Å². The second kappa shape index (κ2) is 6.82. The van der Waals surface area contributed by atoms with E-state index in [1.807, 2.05) is 16.9 Å². The lowest BCUT2D eigenvalue weighted by atomic mass is 9.97. The quantitative estimate of drug-likeness (QED) is 0.699. The maximum Gasteiger partial charge on any atom is 0.223 e. The van der Waals surface area contributed by atoms with Gasteiger partial charge in [0.1, 0.15) is 12.4 Å². The summed E-state index contributed by atoms with van der Waals surface area (Å²) in [5, 5.41) is 8.13. The molecule has 3 fully saturated rings. The number of hydrogen-bond donors (Lipinski definition) is 1. The molecule has 1 aliphatic carbocycles. The molecule has 2 saturated heterocycles. The van der Waals surface area contributed by atoms with Crippen LogP contribution in [-0.2, 0) is 6.61 Å². The molecule has 6 heteroatoms. The van der Waals surface area contributed by atoms with E-state index in [-0.39, 0.29) is 0 Å². The van der Waals surface area contributed by atoms with Crippen LogP contribution < -0.4 is 15.0 Å². The van der Waals surface area contributed by atoms with Gasteiger partial charge in [0.05, 0.1) is 5.69 Å². The summed E-state index contributed by atoms with van der Waals surface area (Å²) >= 11 is 0. The van der Waals surface area contributed by atoms with Crippen LogP contribution >= 0.6 is 0 Å². The van der Waals surface area contributed by atoms with Gasteiger partial charge in [-0.25, -0.2) is 4.68 Å². The van der Waals surface area contributed by atoms with Gasteiger partial charge in [-0.15, -0.1) is 0 Å². The lowest BCUT2D eigenvalue weighted by Crippen LogP contribution is -2.49. The predicted octanol–water partition coefficient (Wildman–Crippen LogP) is 4.08. The van der Waals surface area contributed by atoms with E-state index in [1.165, 1.54) is 49.7 Å². The molecule has 0 amide bonds. The molecule has 31 heavy (non-hydrogen) atoms. The van der Waals surface area contributed by atoms with Crippen molar-refractivity contribution in [2.45, 2.75) is 69.3 Å². The van der Waals surface area contributed by atoms with Crippen LogP contribution in [0.5, 0.6) is 5.88 Å². The number of nitrogens with one attached hydrogen (secondary N) is 1. The summed E-state index contributed by atoms with van der Waals surface area (Å²) in [5.74, 6) is 1.88. The first-order valence-corrected chi connectivity index (χ1v) is 11.6. The van der Waals surface area contributed by atoms with Crippen LogP contribution in [0.3, 0.4) is 0 Å². The number of piperidine rings is 1. The molecular formula is C25H27N5O. The highest BCUT2D eigenvalue weighted by Gasteiger charge is 2.41. The zero-order chi connectivity index (χ0) is 20.4. The molecule has 1 unspecified atom stereocenters. The van der Waals surface area contributed by atoms with Gasteiger partial charge in [-0.1, -0.05) is 6.07 Å². The predicted molar refractivity (Wildman–Crippen MR) is 120 cm³/mol. The molecule has 2 aromatic heterocycles. The summed E-state index contributed by atoms with van der Waals surface area (Å²) < 4.78 is 8.06. The van der Waals surface area contributed by atoms with Crippen molar-refractivity contribution in [3.8, 4) is 22.7 Å². The standard InChI is InChI=1S/C25H27N5O/c1-10-26-29(11-1)20-6-7-22-16(12-20)15-31-25-23(22)8-9-24(28-25)30(19-4-5-19)21-13-17-2-3-18(14-21)27-17/h1,6-12,17-19,21,27H,2-5,13-15H2/t17-,18+,21?. The molecule has 4 aliphatic rings. The zero-order valence-electron chi connectivity index (χ0n) is 17.6. The molecule has 6 nitrogen and oxygen atoms in total. The monoisotopic (exact) mass is 413 g/mol. The molecule has 2 bridgehead atoms. The van der Waals surface area contributed by atoms with Crippen molar-refractivity contribution in [3.63, 3.8) is 0 Å². The van der Waals surface area contributed by atoms with Crippen molar-refractivity contribution < 1.29 is 4.74 Å². The van der Waals surface area contributed by atoms with E-state index < -0.39 is 0 Å². The second-order valence-electron chi connectivity index (χ2n) is 9.50. The van der Waals surface area contributed by atoms with E-state index in [1.54, 1.807) is 6.20 Å². The number of pyridine rings is 1. The summed E-state index contributed by atoms with van der Waals surface area (Å²) in [6.45, 7) is 0.550. The highest BCUT2D eigenvalue weighted by molar-refractivity contribution is 5.75. The van der Waals surface area contributed by atoms with Crippen LogP contribution in [0.15, 0.2) is 48.8 Å². The second-order valence-corrected chi connectivity index (χ2v) is 9.50. The van der Waals surface area contributed by atoms with Crippen LogP contribution in [0.25, 0.3) is 16.8 Å². The Bertz CT molecular complexity index is 1110. The van der Waals surface area contributed by atoms with Crippen molar-refractivity contribution in [3.05, 3.63) is 54.4 Å². The topological polar surface area (TPSA) is 55.2 Å². The number of hydrogen-bond acceptors (Lipinski definition) is 5. The van der Waals surface area contributed by atoms with Crippen molar-refractivity contribution >= 4 is 5.82 Å². The van der Waals surface area contributed by atoms with Gasteiger partial charge in [0.25, 0.3) is 0 Å². The molecule has 1 N–H and O–H groups in total. The van der Waals surface area contributed by atoms with E-state index in [9.17, 15) is 0 Å².